The number of amides is 1. The number of pyridine rings is 1. The monoisotopic (exact) mass is 453 g/mol. The molecule has 1 fully saturated rings. The first-order chi connectivity index (χ1) is 16.8. The second kappa shape index (κ2) is 10.4. The molecule has 0 aliphatic carbocycles. The Hall–Kier alpha value is -3.81. The lowest BCUT2D eigenvalue weighted by atomic mass is 10.1. The molecule has 1 saturated heterocycles. The minimum atomic E-state index is -0.206. The first kappa shape index (κ1) is 22.0. The molecule has 4 aromatic rings. The smallest absolute Gasteiger partial charge is 0.259 e. The molecule has 2 aromatic heterocycles. The summed E-state index contributed by atoms with van der Waals surface area (Å²) in [4.78, 5) is 19.9. The van der Waals surface area contributed by atoms with E-state index < -0.39 is 0 Å². The highest BCUT2D eigenvalue weighted by atomic mass is 16.5. The summed E-state index contributed by atoms with van der Waals surface area (Å²) in [6.45, 7) is 4.62. The molecule has 1 amide bonds. The van der Waals surface area contributed by atoms with Crippen LogP contribution in [-0.2, 0) is 11.2 Å². The zero-order chi connectivity index (χ0) is 23.2. The van der Waals surface area contributed by atoms with Gasteiger partial charge in [0, 0.05) is 49.5 Å². The lowest BCUT2D eigenvalue weighted by molar-refractivity contribution is 0.0384. The van der Waals surface area contributed by atoms with E-state index in [-0.39, 0.29) is 5.91 Å². The average molecular weight is 454 g/mol. The summed E-state index contributed by atoms with van der Waals surface area (Å²) in [6, 6.07) is 21.6. The van der Waals surface area contributed by atoms with Crippen molar-refractivity contribution < 1.29 is 9.53 Å². The van der Waals surface area contributed by atoms with E-state index in [9.17, 15) is 4.79 Å². The second-order valence-electron chi connectivity index (χ2n) is 8.27. The lowest BCUT2D eigenvalue weighted by Crippen LogP contribution is -2.37. The van der Waals surface area contributed by atoms with Crippen LogP contribution in [0.5, 0.6) is 0 Å². The van der Waals surface area contributed by atoms with Crippen molar-refractivity contribution in [1.29, 1.82) is 0 Å². The molecule has 0 spiro atoms. The van der Waals surface area contributed by atoms with Crippen molar-refractivity contribution in [3.8, 4) is 16.9 Å². The van der Waals surface area contributed by atoms with E-state index in [4.69, 9.17) is 9.84 Å². The summed E-state index contributed by atoms with van der Waals surface area (Å²) in [5.41, 5.74) is 4.77. The quantitative estimate of drug-likeness (QED) is 0.457. The number of hydrogen-bond donors (Lipinski definition) is 1. The highest BCUT2D eigenvalue weighted by Gasteiger charge is 2.19. The highest BCUT2D eigenvalue weighted by Crippen LogP contribution is 2.24. The van der Waals surface area contributed by atoms with Gasteiger partial charge < -0.3 is 10.1 Å². The Bertz CT molecular complexity index is 1220. The molecule has 0 saturated carbocycles. The van der Waals surface area contributed by atoms with Crippen molar-refractivity contribution in [2.24, 2.45) is 0 Å². The minimum Gasteiger partial charge on any atom is -0.379 e. The van der Waals surface area contributed by atoms with Gasteiger partial charge in [-0.3, -0.25) is 14.7 Å². The molecule has 0 atom stereocenters. The number of carbonyl (C=O) groups is 1. The maximum atomic E-state index is 13.3. The zero-order valence-corrected chi connectivity index (χ0v) is 18.9. The van der Waals surface area contributed by atoms with E-state index in [0.29, 0.717) is 11.3 Å². The molecule has 5 rings (SSSR count). The van der Waals surface area contributed by atoms with Crippen LogP contribution in [0.1, 0.15) is 15.9 Å². The first-order valence-corrected chi connectivity index (χ1v) is 11.5. The van der Waals surface area contributed by atoms with Gasteiger partial charge in [-0.25, -0.2) is 4.68 Å². The van der Waals surface area contributed by atoms with Crippen LogP contribution < -0.4 is 5.32 Å². The SMILES string of the molecule is O=C(Nc1ccc(CCN2CCOCC2)cc1)c1cn(-c2ccccc2)nc1-c1cccnc1. The van der Waals surface area contributed by atoms with Gasteiger partial charge in [-0.1, -0.05) is 30.3 Å². The molecular weight excluding hydrogens is 426 g/mol. The van der Waals surface area contributed by atoms with Crippen molar-refractivity contribution in [2.75, 3.05) is 38.2 Å². The van der Waals surface area contributed by atoms with Gasteiger partial charge in [-0.2, -0.15) is 5.10 Å². The number of ether oxygens (including phenoxy) is 1. The number of nitrogens with zero attached hydrogens (tertiary/aromatic N) is 4. The Labute approximate surface area is 199 Å². The number of morpholine rings is 1. The van der Waals surface area contributed by atoms with Crippen LogP contribution in [-0.4, -0.2) is 58.4 Å². The van der Waals surface area contributed by atoms with Crippen LogP contribution in [0.4, 0.5) is 5.69 Å². The van der Waals surface area contributed by atoms with Crippen molar-refractivity contribution in [1.82, 2.24) is 19.7 Å². The Morgan fingerprint density at radius 3 is 2.50 bits per heavy atom. The largest absolute Gasteiger partial charge is 0.379 e. The average Bonchev–Trinajstić information content (AvgIpc) is 3.36. The number of carbonyl (C=O) groups excluding carboxylic acids is 1. The van der Waals surface area contributed by atoms with Gasteiger partial charge in [-0.15, -0.1) is 0 Å². The minimum absolute atomic E-state index is 0.206. The number of nitrogens with one attached hydrogen (secondary N) is 1. The normalized spacial score (nSPS) is 14.1. The predicted octanol–water partition coefficient (Wildman–Crippen LogP) is 4.06. The summed E-state index contributed by atoms with van der Waals surface area (Å²) in [5.74, 6) is -0.206. The molecule has 0 bridgehead atoms. The Kier molecular flexibility index (Phi) is 6.74. The van der Waals surface area contributed by atoms with E-state index in [1.807, 2.05) is 54.6 Å². The fraction of sp³-hybridized carbons (Fsp3) is 0.222. The van der Waals surface area contributed by atoms with Crippen molar-refractivity contribution in [3.63, 3.8) is 0 Å². The van der Waals surface area contributed by atoms with Crippen LogP contribution in [0.3, 0.4) is 0 Å². The summed E-state index contributed by atoms with van der Waals surface area (Å²) >= 11 is 0. The molecule has 7 nitrogen and oxygen atoms in total. The third kappa shape index (κ3) is 5.22. The van der Waals surface area contributed by atoms with E-state index in [1.165, 1.54) is 5.56 Å². The number of anilines is 1. The summed E-state index contributed by atoms with van der Waals surface area (Å²) in [5, 5.41) is 7.72. The van der Waals surface area contributed by atoms with Gasteiger partial charge in [0.25, 0.3) is 5.91 Å². The third-order valence-corrected chi connectivity index (χ3v) is 5.95. The number of para-hydroxylation sites is 1. The van der Waals surface area contributed by atoms with Crippen LogP contribution in [0.25, 0.3) is 16.9 Å². The molecule has 2 aromatic carbocycles. The number of rotatable bonds is 7. The van der Waals surface area contributed by atoms with Crippen LogP contribution in [0.2, 0.25) is 0 Å². The molecule has 0 radical (unpaired) electrons. The van der Waals surface area contributed by atoms with Crippen LogP contribution in [0.15, 0.2) is 85.3 Å². The van der Waals surface area contributed by atoms with E-state index >= 15 is 0 Å². The van der Waals surface area contributed by atoms with E-state index in [0.717, 1.165) is 56.2 Å². The lowest BCUT2D eigenvalue weighted by Gasteiger charge is -2.26. The Morgan fingerprint density at radius 2 is 1.76 bits per heavy atom. The van der Waals surface area contributed by atoms with Crippen LogP contribution in [0, 0.1) is 0 Å². The summed E-state index contributed by atoms with van der Waals surface area (Å²) in [7, 11) is 0. The predicted molar refractivity (Wildman–Crippen MR) is 132 cm³/mol. The summed E-state index contributed by atoms with van der Waals surface area (Å²) in [6.07, 6.45) is 6.17. The molecule has 7 heteroatoms. The first-order valence-electron chi connectivity index (χ1n) is 11.5. The molecule has 3 heterocycles. The maximum absolute atomic E-state index is 13.3. The second-order valence-corrected chi connectivity index (χ2v) is 8.27. The fourth-order valence-corrected chi connectivity index (χ4v) is 4.03. The van der Waals surface area contributed by atoms with Gasteiger partial charge in [0.05, 0.1) is 24.5 Å². The molecule has 0 unspecified atom stereocenters. The van der Waals surface area contributed by atoms with E-state index in [2.05, 4.69) is 27.3 Å². The fourth-order valence-electron chi connectivity index (χ4n) is 4.03. The van der Waals surface area contributed by atoms with Gasteiger partial charge in [0.15, 0.2) is 0 Å². The standard InChI is InChI=1S/C27H27N5O2/c33-27(29-23-10-8-21(9-11-23)12-14-31-15-17-34-18-16-31)25-20-32(24-6-2-1-3-7-24)30-26(25)22-5-4-13-28-19-22/h1-11,13,19-20H,12,14-18H2,(H,29,33). The van der Waals surface area contributed by atoms with Crippen molar-refractivity contribution in [3.05, 3.63) is 96.4 Å². The maximum Gasteiger partial charge on any atom is 0.259 e. The van der Waals surface area contributed by atoms with Gasteiger partial charge >= 0.3 is 0 Å². The molecule has 34 heavy (non-hydrogen) atoms. The highest BCUT2D eigenvalue weighted by molar-refractivity contribution is 6.08. The topological polar surface area (TPSA) is 72.3 Å². The number of benzene rings is 2. The van der Waals surface area contributed by atoms with E-state index in [1.54, 1.807) is 23.3 Å². The molecule has 1 aliphatic heterocycles. The van der Waals surface area contributed by atoms with Gasteiger partial charge in [0.1, 0.15) is 5.69 Å². The Morgan fingerprint density at radius 1 is 0.971 bits per heavy atom. The molecule has 1 N–H and O–H groups in total. The molecule has 172 valence electrons. The number of hydrogen-bond acceptors (Lipinski definition) is 5. The van der Waals surface area contributed by atoms with Gasteiger partial charge in [0.2, 0.25) is 0 Å². The van der Waals surface area contributed by atoms with Crippen LogP contribution >= 0.6 is 0 Å². The summed E-state index contributed by atoms with van der Waals surface area (Å²) < 4.78 is 7.14. The molecular formula is C27H27N5O2. The van der Waals surface area contributed by atoms with Crippen molar-refractivity contribution >= 4 is 11.6 Å². The zero-order valence-electron chi connectivity index (χ0n) is 18.9. The van der Waals surface area contributed by atoms with Gasteiger partial charge in [-0.05, 0) is 48.4 Å². The van der Waals surface area contributed by atoms with Crippen molar-refractivity contribution in [2.45, 2.75) is 6.42 Å². The molecule has 1 aliphatic rings. The third-order valence-electron chi connectivity index (χ3n) is 5.95. The Balaban J connectivity index is 1.32. The number of aromatic nitrogens is 3.